The van der Waals surface area contributed by atoms with Gasteiger partial charge in [0.2, 0.25) is 0 Å². The van der Waals surface area contributed by atoms with Crippen molar-refractivity contribution in [3.8, 4) is 0 Å². The van der Waals surface area contributed by atoms with Gasteiger partial charge in [-0.2, -0.15) is 0 Å². The summed E-state index contributed by atoms with van der Waals surface area (Å²) in [5, 5.41) is 14.1. The standard InChI is InChI=1S/C31H41F2N3O3/c1-6-7-20(2)19-39-30(38)36-11-10-27(25-14-21(8-9-28(25)36)17-31(3,4)5)35-18-29(37)26(34)15-22-12-23(32)16-24(33)13-22/h6-9,12-14,16,26-27,29,35,37H,2,10-11,15,17-19,34H2,1,3-5H3/b7-6-/t26-,27?,29+/m0/s1. The summed E-state index contributed by atoms with van der Waals surface area (Å²) < 4.78 is 32.6. The van der Waals surface area contributed by atoms with E-state index in [-0.39, 0.29) is 31.0 Å². The maximum Gasteiger partial charge on any atom is 0.414 e. The number of hydrogen-bond donors (Lipinski definition) is 3. The summed E-state index contributed by atoms with van der Waals surface area (Å²) in [5.74, 6) is -1.35. The topological polar surface area (TPSA) is 87.8 Å². The number of aliphatic hydroxyl groups excluding tert-OH is 1. The van der Waals surface area contributed by atoms with E-state index < -0.39 is 29.9 Å². The fourth-order valence-electron chi connectivity index (χ4n) is 4.85. The molecule has 0 aliphatic carbocycles. The second-order valence-electron chi connectivity index (χ2n) is 11.5. The molecule has 3 rings (SSSR count). The van der Waals surface area contributed by atoms with Crippen molar-refractivity contribution >= 4 is 11.8 Å². The molecule has 1 aliphatic heterocycles. The quantitative estimate of drug-likeness (QED) is 0.341. The predicted molar refractivity (Wildman–Crippen MR) is 152 cm³/mol. The van der Waals surface area contributed by atoms with Crippen molar-refractivity contribution in [3.05, 3.63) is 89.0 Å². The van der Waals surface area contributed by atoms with Gasteiger partial charge < -0.3 is 20.9 Å². The normalized spacial score (nSPS) is 17.1. The molecule has 4 N–H and O–H groups in total. The molecule has 0 bridgehead atoms. The van der Waals surface area contributed by atoms with Gasteiger partial charge in [-0.1, -0.05) is 51.6 Å². The van der Waals surface area contributed by atoms with Gasteiger partial charge in [-0.05, 0) is 72.1 Å². The van der Waals surface area contributed by atoms with E-state index >= 15 is 0 Å². The van der Waals surface area contributed by atoms with Crippen molar-refractivity contribution in [1.82, 2.24) is 5.32 Å². The molecule has 1 aliphatic rings. The zero-order valence-corrected chi connectivity index (χ0v) is 23.3. The average molecular weight is 542 g/mol. The highest BCUT2D eigenvalue weighted by Crippen LogP contribution is 2.36. The van der Waals surface area contributed by atoms with Gasteiger partial charge in [-0.3, -0.25) is 4.90 Å². The number of fused-ring (bicyclic) bond motifs is 1. The highest BCUT2D eigenvalue weighted by atomic mass is 19.1. The molecule has 1 amide bonds. The SMILES string of the molecule is C=C(/C=C\C)COC(=O)N1CCC(NC[C@@H](O)[C@@H](N)Cc2cc(F)cc(F)c2)c2cc(CC(C)(C)C)ccc21. The van der Waals surface area contributed by atoms with E-state index in [1.807, 2.05) is 25.1 Å². The monoisotopic (exact) mass is 541 g/mol. The van der Waals surface area contributed by atoms with Gasteiger partial charge in [0.1, 0.15) is 18.2 Å². The van der Waals surface area contributed by atoms with Gasteiger partial charge in [0, 0.05) is 31.2 Å². The minimum absolute atomic E-state index is 0.0803. The number of nitrogens with zero attached hydrogens (tertiary/aromatic N) is 1. The van der Waals surface area contributed by atoms with Gasteiger partial charge in [-0.15, -0.1) is 0 Å². The zero-order valence-electron chi connectivity index (χ0n) is 23.3. The third-order valence-corrected chi connectivity index (χ3v) is 6.60. The molecule has 1 unspecified atom stereocenters. The van der Waals surface area contributed by atoms with Crippen LogP contribution in [-0.2, 0) is 17.6 Å². The number of anilines is 1. The number of hydrogen-bond acceptors (Lipinski definition) is 5. The zero-order chi connectivity index (χ0) is 28.7. The van der Waals surface area contributed by atoms with Crippen LogP contribution >= 0.6 is 0 Å². The third kappa shape index (κ3) is 8.98. The van der Waals surface area contributed by atoms with Crippen LogP contribution in [0.15, 0.2) is 60.7 Å². The summed E-state index contributed by atoms with van der Waals surface area (Å²) in [4.78, 5) is 14.6. The molecule has 212 valence electrons. The number of halogens is 2. The molecule has 8 heteroatoms. The first-order chi connectivity index (χ1) is 18.4. The Hall–Kier alpha value is -3.07. The van der Waals surface area contributed by atoms with Gasteiger partial charge in [0.05, 0.1) is 11.8 Å². The number of aliphatic hydroxyl groups is 1. The Kier molecular flexibility index (Phi) is 10.4. The van der Waals surface area contributed by atoms with Crippen LogP contribution in [0.5, 0.6) is 0 Å². The number of carbonyl (C=O) groups is 1. The molecular formula is C31H41F2N3O3. The third-order valence-electron chi connectivity index (χ3n) is 6.60. The lowest BCUT2D eigenvalue weighted by Gasteiger charge is -2.35. The predicted octanol–water partition coefficient (Wildman–Crippen LogP) is 5.59. The number of nitrogens with two attached hydrogens (primary N) is 1. The van der Waals surface area contributed by atoms with Gasteiger partial charge >= 0.3 is 6.09 Å². The molecule has 1 heterocycles. The first-order valence-electron chi connectivity index (χ1n) is 13.4. The number of benzene rings is 2. The number of nitrogens with one attached hydrogen (secondary N) is 1. The van der Waals surface area contributed by atoms with Gasteiger partial charge in [0.25, 0.3) is 0 Å². The van der Waals surface area contributed by atoms with E-state index in [0.717, 1.165) is 29.3 Å². The highest BCUT2D eigenvalue weighted by Gasteiger charge is 2.31. The molecule has 0 saturated carbocycles. The van der Waals surface area contributed by atoms with Crippen LogP contribution in [0, 0.1) is 17.0 Å². The van der Waals surface area contributed by atoms with Crippen LogP contribution < -0.4 is 16.0 Å². The fourth-order valence-corrected chi connectivity index (χ4v) is 4.85. The summed E-state index contributed by atoms with van der Waals surface area (Å²) in [6.07, 6.45) is 3.86. The minimum Gasteiger partial charge on any atom is -0.444 e. The fraction of sp³-hybridized carbons (Fsp3) is 0.452. The molecule has 0 fully saturated rings. The number of carbonyl (C=O) groups excluding carboxylic acids is 1. The maximum absolute atomic E-state index is 13.6. The Bertz CT molecular complexity index is 1170. The van der Waals surface area contributed by atoms with Crippen LogP contribution in [0.4, 0.5) is 19.3 Å². The van der Waals surface area contributed by atoms with Crippen molar-refractivity contribution < 1.29 is 23.4 Å². The minimum atomic E-state index is -0.946. The summed E-state index contributed by atoms with van der Waals surface area (Å²) in [5.41, 5.74) is 10.2. The number of rotatable bonds is 10. The lowest BCUT2D eigenvalue weighted by atomic mass is 9.86. The molecule has 0 saturated heterocycles. The average Bonchev–Trinajstić information content (AvgIpc) is 2.84. The molecule has 3 atom stereocenters. The Balaban J connectivity index is 1.74. The summed E-state index contributed by atoms with van der Waals surface area (Å²) >= 11 is 0. The molecule has 0 spiro atoms. The van der Waals surface area contributed by atoms with Gasteiger partial charge in [-0.25, -0.2) is 13.6 Å². The van der Waals surface area contributed by atoms with E-state index in [1.54, 1.807) is 11.0 Å². The number of amides is 1. The summed E-state index contributed by atoms with van der Waals surface area (Å²) in [7, 11) is 0. The Morgan fingerprint density at radius 1 is 1.23 bits per heavy atom. The first-order valence-corrected chi connectivity index (χ1v) is 13.4. The van der Waals surface area contributed by atoms with E-state index in [1.165, 1.54) is 12.1 Å². The van der Waals surface area contributed by atoms with Crippen molar-refractivity contribution in [1.29, 1.82) is 0 Å². The largest absolute Gasteiger partial charge is 0.444 e. The van der Waals surface area contributed by atoms with E-state index in [2.05, 4.69) is 38.7 Å². The van der Waals surface area contributed by atoms with E-state index in [4.69, 9.17) is 10.5 Å². The molecular weight excluding hydrogens is 500 g/mol. The molecule has 0 aromatic heterocycles. The smallest absolute Gasteiger partial charge is 0.414 e. The second-order valence-corrected chi connectivity index (χ2v) is 11.5. The maximum atomic E-state index is 13.6. The molecule has 2 aromatic rings. The second kappa shape index (κ2) is 13.3. The van der Waals surface area contributed by atoms with Crippen LogP contribution in [0.3, 0.4) is 0 Å². The molecule has 0 radical (unpaired) electrons. The van der Waals surface area contributed by atoms with Crippen molar-refractivity contribution in [2.24, 2.45) is 11.1 Å². The van der Waals surface area contributed by atoms with Crippen LogP contribution in [0.25, 0.3) is 0 Å². The number of ether oxygens (including phenoxy) is 1. The molecule has 6 nitrogen and oxygen atoms in total. The molecule has 2 aromatic carbocycles. The van der Waals surface area contributed by atoms with Crippen LogP contribution in [0.1, 0.15) is 56.8 Å². The van der Waals surface area contributed by atoms with Crippen molar-refractivity contribution in [2.75, 3.05) is 24.6 Å². The Labute approximate surface area is 230 Å². The van der Waals surface area contributed by atoms with Crippen LogP contribution in [0.2, 0.25) is 0 Å². The Morgan fingerprint density at radius 2 is 1.92 bits per heavy atom. The van der Waals surface area contributed by atoms with Crippen LogP contribution in [-0.4, -0.2) is 43.0 Å². The highest BCUT2D eigenvalue weighted by molar-refractivity contribution is 5.89. The van der Waals surface area contributed by atoms with Gasteiger partial charge in [0.15, 0.2) is 0 Å². The lowest BCUT2D eigenvalue weighted by Crippen LogP contribution is -2.46. The first kappa shape index (κ1) is 30.5. The number of allylic oxidation sites excluding steroid dienone is 1. The summed E-state index contributed by atoms with van der Waals surface area (Å²) in [6, 6.07) is 8.50. The molecule has 39 heavy (non-hydrogen) atoms. The Morgan fingerprint density at radius 3 is 2.56 bits per heavy atom. The summed E-state index contributed by atoms with van der Waals surface area (Å²) in [6.45, 7) is 13.0. The van der Waals surface area contributed by atoms with Crippen molar-refractivity contribution in [2.45, 2.75) is 65.1 Å². The van der Waals surface area contributed by atoms with Crippen molar-refractivity contribution in [3.63, 3.8) is 0 Å². The van der Waals surface area contributed by atoms with E-state index in [0.29, 0.717) is 24.1 Å². The lowest BCUT2D eigenvalue weighted by molar-refractivity contribution is 0.136. The van der Waals surface area contributed by atoms with E-state index in [9.17, 15) is 18.7 Å².